The minimum Gasteiger partial charge on any atom is -0.497 e. The number of hydrogen-bond donors (Lipinski definition) is 0. The smallest absolute Gasteiger partial charge is 0.253 e. The minimum atomic E-state index is -3.55. The van der Waals surface area contributed by atoms with Gasteiger partial charge < -0.3 is 14.5 Å². The molecule has 1 saturated heterocycles. The number of benzene rings is 2. The van der Waals surface area contributed by atoms with Crippen molar-refractivity contribution in [3.05, 3.63) is 66.2 Å². The van der Waals surface area contributed by atoms with Crippen LogP contribution in [-0.4, -0.2) is 80.1 Å². The second kappa shape index (κ2) is 11.0. The van der Waals surface area contributed by atoms with Crippen LogP contribution in [0.15, 0.2) is 65.6 Å². The van der Waals surface area contributed by atoms with Crippen molar-refractivity contribution in [3.8, 4) is 17.0 Å². The summed E-state index contributed by atoms with van der Waals surface area (Å²) >= 11 is 0. The number of anilines is 1. The number of sulfonamides is 1. The molecule has 0 radical (unpaired) electrons. The molecule has 0 bridgehead atoms. The Labute approximate surface area is 212 Å². The van der Waals surface area contributed by atoms with Gasteiger partial charge in [-0.1, -0.05) is 13.8 Å². The summed E-state index contributed by atoms with van der Waals surface area (Å²) in [7, 11) is -1.91. The number of methoxy groups -OCH3 is 1. The molecule has 1 aliphatic rings. The number of amides is 1. The maximum absolute atomic E-state index is 13.0. The van der Waals surface area contributed by atoms with E-state index in [1.807, 2.05) is 36.4 Å². The second-order valence-corrected chi connectivity index (χ2v) is 10.3. The van der Waals surface area contributed by atoms with Crippen LogP contribution in [0.25, 0.3) is 11.3 Å². The Morgan fingerprint density at radius 1 is 0.889 bits per heavy atom. The van der Waals surface area contributed by atoms with Gasteiger partial charge in [-0.2, -0.15) is 4.31 Å². The molecule has 10 heteroatoms. The lowest BCUT2D eigenvalue weighted by molar-refractivity contribution is 0.0746. The Bertz CT molecular complexity index is 1270. The maximum Gasteiger partial charge on any atom is 0.253 e. The van der Waals surface area contributed by atoms with Gasteiger partial charge in [0.1, 0.15) is 5.75 Å². The third kappa shape index (κ3) is 5.34. The summed E-state index contributed by atoms with van der Waals surface area (Å²) in [4.78, 5) is 17.1. The summed E-state index contributed by atoms with van der Waals surface area (Å²) in [6.45, 7) is 6.77. The van der Waals surface area contributed by atoms with E-state index in [1.54, 1.807) is 38.0 Å². The van der Waals surface area contributed by atoms with Gasteiger partial charge in [0.05, 0.1) is 17.7 Å². The molecule has 9 nitrogen and oxygen atoms in total. The van der Waals surface area contributed by atoms with Gasteiger partial charge in [0.15, 0.2) is 5.82 Å². The fraction of sp³-hybridized carbons (Fsp3) is 0.346. The quantitative estimate of drug-likeness (QED) is 0.460. The van der Waals surface area contributed by atoms with Crippen LogP contribution in [-0.2, 0) is 10.0 Å². The van der Waals surface area contributed by atoms with Crippen molar-refractivity contribution in [3.63, 3.8) is 0 Å². The van der Waals surface area contributed by atoms with E-state index in [0.717, 1.165) is 22.8 Å². The summed E-state index contributed by atoms with van der Waals surface area (Å²) in [5.41, 5.74) is 2.22. The maximum atomic E-state index is 13.0. The van der Waals surface area contributed by atoms with E-state index in [4.69, 9.17) is 4.74 Å². The molecule has 2 aromatic carbocycles. The molecule has 1 aliphatic heterocycles. The Morgan fingerprint density at radius 3 is 2.06 bits per heavy atom. The zero-order valence-electron chi connectivity index (χ0n) is 20.8. The second-order valence-electron chi connectivity index (χ2n) is 8.40. The zero-order chi connectivity index (χ0) is 25.7. The molecule has 0 N–H and O–H groups in total. The standard InChI is InChI=1S/C26H31N5O4S/c1-4-31(5-2)36(33,34)23-12-8-21(9-13-23)26(32)30-18-16-29(17-19-30)25-15-14-24(27-28-25)20-6-10-22(35-3)11-7-20/h6-15H,4-5,16-19H2,1-3H3. The van der Waals surface area contributed by atoms with Crippen molar-refractivity contribution in [1.82, 2.24) is 19.4 Å². The monoisotopic (exact) mass is 509 g/mol. The Hall–Kier alpha value is -3.50. The van der Waals surface area contributed by atoms with Gasteiger partial charge in [0.2, 0.25) is 10.0 Å². The molecule has 1 amide bonds. The largest absolute Gasteiger partial charge is 0.497 e. The molecule has 0 unspecified atom stereocenters. The summed E-state index contributed by atoms with van der Waals surface area (Å²) in [5, 5.41) is 8.76. The number of piperazine rings is 1. The van der Waals surface area contributed by atoms with Gasteiger partial charge in [0, 0.05) is 50.4 Å². The highest BCUT2D eigenvalue weighted by Crippen LogP contribution is 2.23. The summed E-state index contributed by atoms with van der Waals surface area (Å²) < 4.78 is 32.0. The molecule has 190 valence electrons. The minimum absolute atomic E-state index is 0.109. The van der Waals surface area contributed by atoms with Crippen LogP contribution in [0.1, 0.15) is 24.2 Å². The average molecular weight is 510 g/mol. The van der Waals surface area contributed by atoms with Crippen molar-refractivity contribution >= 4 is 21.7 Å². The van der Waals surface area contributed by atoms with Crippen molar-refractivity contribution in [2.24, 2.45) is 0 Å². The number of carbonyl (C=O) groups is 1. The third-order valence-corrected chi connectivity index (χ3v) is 8.44. The predicted molar refractivity (Wildman–Crippen MR) is 139 cm³/mol. The molecule has 36 heavy (non-hydrogen) atoms. The highest BCUT2D eigenvalue weighted by atomic mass is 32.2. The first kappa shape index (κ1) is 25.6. The molecule has 0 aliphatic carbocycles. The van der Waals surface area contributed by atoms with E-state index in [2.05, 4.69) is 15.1 Å². The first-order valence-corrected chi connectivity index (χ1v) is 13.4. The van der Waals surface area contributed by atoms with E-state index in [-0.39, 0.29) is 10.8 Å². The van der Waals surface area contributed by atoms with Crippen LogP contribution in [0, 0.1) is 0 Å². The topological polar surface area (TPSA) is 95.9 Å². The first-order valence-electron chi connectivity index (χ1n) is 12.0. The first-order chi connectivity index (χ1) is 17.4. The van der Waals surface area contributed by atoms with Crippen molar-refractivity contribution in [1.29, 1.82) is 0 Å². The van der Waals surface area contributed by atoms with Gasteiger partial charge >= 0.3 is 0 Å². The Balaban J connectivity index is 1.36. The highest BCUT2D eigenvalue weighted by Gasteiger charge is 2.25. The number of rotatable bonds is 8. The number of carbonyl (C=O) groups excluding carboxylic acids is 1. The number of nitrogens with zero attached hydrogens (tertiary/aromatic N) is 5. The van der Waals surface area contributed by atoms with E-state index < -0.39 is 10.0 Å². The van der Waals surface area contributed by atoms with Crippen LogP contribution in [0.4, 0.5) is 5.82 Å². The van der Waals surface area contributed by atoms with E-state index in [0.29, 0.717) is 44.8 Å². The van der Waals surface area contributed by atoms with E-state index >= 15 is 0 Å². The number of aromatic nitrogens is 2. The van der Waals surface area contributed by atoms with Crippen molar-refractivity contribution < 1.29 is 17.9 Å². The fourth-order valence-electron chi connectivity index (χ4n) is 4.21. The lowest BCUT2D eigenvalue weighted by Gasteiger charge is -2.35. The molecule has 0 atom stereocenters. The molecule has 2 heterocycles. The molecule has 1 aromatic heterocycles. The number of hydrogen-bond acceptors (Lipinski definition) is 7. The molecule has 4 rings (SSSR count). The van der Waals surface area contributed by atoms with Gasteiger partial charge in [0.25, 0.3) is 5.91 Å². The predicted octanol–water partition coefficient (Wildman–Crippen LogP) is 3.15. The number of ether oxygens (including phenoxy) is 1. The van der Waals surface area contributed by atoms with E-state index in [9.17, 15) is 13.2 Å². The molecular formula is C26H31N5O4S. The Morgan fingerprint density at radius 2 is 1.53 bits per heavy atom. The van der Waals surface area contributed by atoms with Crippen LogP contribution >= 0.6 is 0 Å². The molecule has 0 spiro atoms. The van der Waals surface area contributed by atoms with Gasteiger partial charge in [-0.25, -0.2) is 8.42 Å². The van der Waals surface area contributed by atoms with Crippen molar-refractivity contribution in [2.75, 3.05) is 51.3 Å². The molecule has 3 aromatic rings. The molecular weight excluding hydrogens is 478 g/mol. The third-order valence-electron chi connectivity index (χ3n) is 6.37. The highest BCUT2D eigenvalue weighted by molar-refractivity contribution is 7.89. The summed E-state index contributed by atoms with van der Waals surface area (Å²) in [6.07, 6.45) is 0. The van der Waals surface area contributed by atoms with Crippen LogP contribution in [0.2, 0.25) is 0 Å². The zero-order valence-corrected chi connectivity index (χ0v) is 21.6. The normalized spacial score (nSPS) is 14.2. The van der Waals surface area contributed by atoms with Gasteiger partial charge in [-0.15, -0.1) is 10.2 Å². The average Bonchev–Trinajstić information content (AvgIpc) is 2.93. The van der Waals surface area contributed by atoms with Crippen LogP contribution in [0.5, 0.6) is 5.75 Å². The lowest BCUT2D eigenvalue weighted by atomic mass is 10.1. The molecule has 1 fully saturated rings. The summed E-state index contributed by atoms with van der Waals surface area (Å²) in [5.74, 6) is 1.45. The Kier molecular flexibility index (Phi) is 7.85. The van der Waals surface area contributed by atoms with Gasteiger partial charge in [-0.3, -0.25) is 4.79 Å². The van der Waals surface area contributed by atoms with Crippen LogP contribution in [0.3, 0.4) is 0 Å². The van der Waals surface area contributed by atoms with Crippen molar-refractivity contribution in [2.45, 2.75) is 18.7 Å². The lowest BCUT2D eigenvalue weighted by Crippen LogP contribution is -2.49. The fourth-order valence-corrected chi connectivity index (χ4v) is 5.67. The van der Waals surface area contributed by atoms with Gasteiger partial charge in [-0.05, 0) is 60.7 Å². The molecule has 0 saturated carbocycles. The summed E-state index contributed by atoms with van der Waals surface area (Å²) in [6, 6.07) is 17.7. The van der Waals surface area contributed by atoms with Crippen LogP contribution < -0.4 is 9.64 Å². The SMILES string of the molecule is CCN(CC)S(=O)(=O)c1ccc(C(=O)N2CCN(c3ccc(-c4ccc(OC)cc4)nn3)CC2)cc1. The van der Waals surface area contributed by atoms with E-state index in [1.165, 1.54) is 16.4 Å².